The second kappa shape index (κ2) is 11.5. The standard InChI is InChI=1S/C26H28ClN3O5S/c1-17(19-10-6-5-7-11-19)28-26(32)21-12-8-9-13-23(21)29-25(31)18(2)30(36(4,33)34)20-14-15-24(35-3)22(27)16-20/h5-18H,1-4H3,(H,28,32)(H,29,31)/t17-,18+/m0/s1. The van der Waals surface area contributed by atoms with Gasteiger partial charge in [-0.15, -0.1) is 0 Å². The highest BCUT2D eigenvalue weighted by Gasteiger charge is 2.30. The van der Waals surface area contributed by atoms with Gasteiger partial charge in [-0.25, -0.2) is 8.42 Å². The normalized spacial score (nSPS) is 12.8. The van der Waals surface area contributed by atoms with E-state index in [1.807, 2.05) is 37.3 Å². The van der Waals surface area contributed by atoms with Gasteiger partial charge in [-0.2, -0.15) is 0 Å². The number of carbonyl (C=O) groups is 2. The molecule has 3 rings (SSSR count). The van der Waals surface area contributed by atoms with E-state index in [-0.39, 0.29) is 33.9 Å². The third kappa shape index (κ3) is 6.35. The second-order valence-electron chi connectivity index (χ2n) is 8.19. The van der Waals surface area contributed by atoms with Gasteiger partial charge in [0, 0.05) is 0 Å². The molecule has 2 amide bonds. The van der Waals surface area contributed by atoms with Gasteiger partial charge in [0.25, 0.3) is 5.91 Å². The minimum absolute atomic E-state index is 0.200. The lowest BCUT2D eigenvalue weighted by Crippen LogP contribution is -2.45. The molecule has 36 heavy (non-hydrogen) atoms. The summed E-state index contributed by atoms with van der Waals surface area (Å²) in [5.41, 5.74) is 1.64. The fraction of sp³-hybridized carbons (Fsp3) is 0.231. The third-order valence-corrected chi connectivity index (χ3v) is 7.09. The lowest BCUT2D eigenvalue weighted by atomic mass is 10.1. The molecule has 190 valence electrons. The zero-order valence-electron chi connectivity index (χ0n) is 20.4. The molecule has 0 saturated carbocycles. The Labute approximate surface area is 216 Å². The number of halogens is 1. The molecule has 0 bridgehead atoms. The largest absolute Gasteiger partial charge is 0.495 e. The SMILES string of the molecule is COc1ccc(N([C@H](C)C(=O)Nc2ccccc2C(=O)N[C@@H](C)c2ccccc2)S(C)(=O)=O)cc1Cl. The van der Waals surface area contributed by atoms with Crippen LogP contribution in [0.5, 0.6) is 5.75 Å². The molecule has 0 heterocycles. The van der Waals surface area contributed by atoms with Gasteiger partial charge in [-0.05, 0) is 49.7 Å². The molecule has 0 saturated heterocycles. The summed E-state index contributed by atoms with van der Waals surface area (Å²) in [5.74, 6) is -0.629. The number of amides is 2. The van der Waals surface area contributed by atoms with Crippen LogP contribution >= 0.6 is 11.6 Å². The van der Waals surface area contributed by atoms with Crippen LogP contribution in [0, 0.1) is 0 Å². The number of rotatable bonds is 9. The van der Waals surface area contributed by atoms with Gasteiger partial charge in [0.2, 0.25) is 15.9 Å². The smallest absolute Gasteiger partial charge is 0.253 e. The minimum atomic E-state index is -3.87. The molecule has 3 aromatic rings. The highest BCUT2D eigenvalue weighted by Crippen LogP contribution is 2.31. The average molecular weight is 530 g/mol. The maximum atomic E-state index is 13.2. The molecule has 0 fully saturated rings. The summed E-state index contributed by atoms with van der Waals surface area (Å²) in [7, 11) is -2.43. The third-order valence-electron chi connectivity index (χ3n) is 5.56. The van der Waals surface area contributed by atoms with Crippen LogP contribution < -0.4 is 19.7 Å². The Morgan fingerprint density at radius 1 is 0.972 bits per heavy atom. The Kier molecular flexibility index (Phi) is 8.60. The molecule has 0 unspecified atom stereocenters. The van der Waals surface area contributed by atoms with Crippen LogP contribution in [0.4, 0.5) is 11.4 Å². The number of carbonyl (C=O) groups excluding carboxylic acids is 2. The average Bonchev–Trinajstić information content (AvgIpc) is 2.84. The van der Waals surface area contributed by atoms with Crippen LogP contribution in [0.25, 0.3) is 0 Å². The molecule has 0 radical (unpaired) electrons. The van der Waals surface area contributed by atoms with Crippen LogP contribution in [-0.4, -0.2) is 39.6 Å². The molecule has 2 N–H and O–H groups in total. The number of anilines is 2. The van der Waals surface area contributed by atoms with Crippen molar-refractivity contribution in [2.45, 2.75) is 25.9 Å². The summed E-state index contributed by atoms with van der Waals surface area (Å²) in [5, 5.41) is 5.82. The predicted molar refractivity (Wildman–Crippen MR) is 142 cm³/mol. The van der Waals surface area contributed by atoms with Crippen molar-refractivity contribution in [2.75, 3.05) is 23.0 Å². The van der Waals surface area contributed by atoms with Crippen molar-refractivity contribution in [1.29, 1.82) is 0 Å². The Balaban J connectivity index is 1.84. The Hall–Kier alpha value is -3.56. The van der Waals surface area contributed by atoms with Gasteiger partial charge >= 0.3 is 0 Å². The summed E-state index contributed by atoms with van der Waals surface area (Å²) < 4.78 is 31.4. The number of nitrogens with zero attached hydrogens (tertiary/aromatic N) is 1. The molecule has 0 aliphatic rings. The lowest BCUT2D eigenvalue weighted by Gasteiger charge is -2.28. The number of methoxy groups -OCH3 is 1. The Bertz CT molecular complexity index is 1350. The fourth-order valence-electron chi connectivity index (χ4n) is 3.73. The van der Waals surface area contributed by atoms with E-state index in [0.29, 0.717) is 5.75 Å². The summed E-state index contributed by atoms with van der Waals surface area (Å²) in [6, 6.07) is 19.0. The first kappa shape index (κ1) is 27.0. The Morgan fingerprint density at radius 3 is 2.22 bits per heavy atom. The van der Waals surface area contributed by atoms with Crippen molar-refractivity contribution in [1.82, 2.24) is 5.32 Å². The maximum absolute atomic E-state index is 13.2. The predicted octanol–water partition coefficient (Wildman–Crippen LogP) is 4.63. The van der Waals surface area contributed by atoms with Crippen molar-refractivity contribution < 1.29 is 22.7 Å². The summed E-state index contributed by atoms with van der Waals surface area (Å²) in [6.07, 6.45) is 1.00. The zero-order valence-corrected chi connectivity index (χ0v) is 21.9. The molecule has 0 aliphatic heterocycles. The van der Waals surface area contributed by atoms with E-state index >= 15 is 0 Å². The number of hydrogen-bond donors (Lipinski definition) is 2. The molecule has 2 atom stereocenters. The number of sulfonamides is 1. The number of hydrogen-bond acceptors (Lipinski definition) is 5. The van der Waals surface area contributed by atoms with Crippen LogP contribution in [0.3, 0.4) is 0 Å². The van der Waals surface area contributed by atoms with Gasteiger partial charge < -0.3 is 15.4 Å². The lowest BCUT2D eigenvalue weighted by molar-refractivity contribution is -0.116. The number of para-hydroxylation sites is 1. The summed E-state index contributed by atoms with van der Waals surface area (Å²) >= 11 is 6.19. The maximum Gasteiger partial charge on any atom is 0.253 e. The van der Waals surface area contributed by atoms with Gasteiger partial charge in [0.05, 0.1) is 41.4 Å². The van der Waals surface area contributed by atoms with E-state index in [9.17, 15) is 18.0 Å². The quantitative estimate of drug-likeness (QED) is 0.420. The van der Waals surface area contributed by atoms with Crippen molar-refractivity contribution in [3.63, 3.8) is 0 Å². The van der Waals surface area contributed by atoms with Crippen molar-refractivity contribution >= 4 is 44.8 Å². The van der Waals surface area contributed by atoms with Crippen molar-refractivity contribution in [3.8, 4) is 5.75 Å². The van der Waals surface area contributed by atoms with E-state index in [2.05, 4.69) is 10.6 Å². The number of nitrogens with one attached hydrogen (secondary N) is 2. The summed E-state index contributed by atoms with van der Waals surface area (Å²) in [6.45, 7) is 3.31. The van der Waals surface area contributed by atoms with E-state index in [0.717, 1.165) is 16.1 Å². The number of benzene rings is 3. The second-order valence-corrected chi connectivity index (χ2v) is 10.5. The van der Waals surface area contributed by atoms with Crippen LogP contribution in [-0.2, 0) is 14.8 Å². The van der Waals surface area contributed by atoms with Gasteiger partial charge in [0.15, 0.2) is 0 Å². The van der Waals surface area contributed by atoms with Gasteiger partial charge in [-0.1, -0.05) is 54.1 Å². The monoisotopic (exact) mass is 529 g/mol. The van der Waals surface area contributed by atoms with Crippen LogP contribution in [0.2, 0.25) is 5.02 Å². The van der Waals surface area contributed by atoms with Crippen LogP contribution in [0.15, 0.2) is 72.8 Å². The zero-order chi connectivity index (χ0) is 26.5. The first-order valence-corrected chi connectivity index (χ1v) is 13.3. The highest BCUT2D eigenvalue weighted by atomic mass is 35.5. The van der Waals surface area contributed by atoms with Crippen molar-refractivity contribution in [3.05, 3.63) is 88.9 Å². The molecule has 0 aliphatic carbocycles. The van der Waals surface area contributed by atoms with E-state index in [1.165, 1.54) is 32.2 Å². The van der Waals surface area contributed by atoms with Gasteiger partial charge in [0.1, 0.15) is 11.8 Å². The van der Waals surface area contributed by atoms with Crippen LogP contribution in [0.1, 0.15) is 35.8 Å². The van der Waals surface area contributed by atoms with E-state index in [1.54, 1.807) is 24.3 Å². The summed E-state index contributed by atoms with van der Waals surface area (Å²) in [4.78, 5) is 26.2. The first-order valence-electron chi connectivity index (χ1n) is 11.1. The molecular weight excluding hydrogens is 502 g/mol. The first-order chi connectivity index (χ1) is 17.0. The fourth-order valence-corrected chi connectivity index (χ4v) is 5.15. The minimum Gasteiger partial charge on any atom is -0.495 e. The Morgan fingerprint density at radius 2 is 1.61 bits per heavy atom. The van der Waals surface area contributed by atoms with E-state index < -0.39 is 22.0 Å². The van der Waals surface area contributed by atoms with E-state index in [4.69, 9.17) is 16.3 Å². The molecular formula is C26H28ClN3O5S. The molecule has 0 spiro atoms. The highest BCUT2D eigenvalue weighted by molar-refractivity contribution is 7.92. The molecule has 10 heteroatoms. The topological polar surface area (TPSA) is 105 Å². The molecule has 8 nitrogen and oxygen atoms in total. The van der Waals surface area contributed by atoms with Crippen molar-refractivity contribution in [2.24, 2.45) is 0 Å². The number of ether oxygens (including phenoxy) is 1. The molecule has 0 aromatic heterocycles. The molecule has 3 aromatic carbocycles. The van der Waals surface area contributed by atoms with Gasteiger partial charge in [-0.3, -0.25) is 13.9 Å².